The number of thiazole rings is 1. The van der Waals surface area contributed by atoms with Crippen molar-refractivity contribution in [2.45, 2.75) is 13.5 Å². The monoisotopic (exact) mass is 394 g/mol. The van der Waals surface area contributed by atoms with E-state index in [1.165, 1.54) is 38.7 Å². The molecule has 140 valence electrons. The van der Waals surface area contributed by atoms with Crippen molar-refractivity contribution in [3.63, 3.8) is 0 Å². The normalized spacial score (nSPS) is 13.3. The first kappa shape index (κ1) is 16.7. The number of fused-ring (bicyclic) bond motifs is 6. The lowest BCUT2D eigenvalue weighted by molar-refractivity contribution is -0.643. The Morgan fingerprint density at radius 2 is 1.69 bits per heavy atom. The van der Waals surface area contributed by atoms with Crippen molar-refractivity contribution in [2.24, 2.45) is 0 Å². The number of pyridine rings is 1. The number of nitrogens with zero attached hydrogens (tertiary/aromatic N) is 3. The predicted molar refractivity (Wildman–Crippen MR) is 121 cm³/mol. The van der Waals surface area contributed by atoms with E-state index in [0.29, 0.717) is 0 Å². The van der Waals surface area contributed by atoms with Gasteiger partial charge in [-0.2, -0.15) is 0 Å². The molecule has 0 spiro atoms. The average Bonchev–Trinajstić information content (AvgIpc) is 3.41. The van der Waals surface area contributed by atoms with Crippen molar-refractivity contribution in [1.82, 2.24) is 4.98 Å². The van der Waals surface area contributed by atoms with E-state index in [9.17, 15) is 0 Å². The number of aryl methyl sites for hydroxylation is 1. The SMILES string of the molecule is Cc1nc(-c2cccc(N3CC[n+]4c3c3ccccc3c3ccccc34)c2)cs1. The maximum atomic E-state index is 4.68. The Labute approximate surface area is 173 Å². The van der Waals surface area contributed by atoms with Gasteiger partial charge in [-0.25, -0.2) is 14.5 Å². The van der Waals surface area contributed by atoms with Crippen LogP contribution in [-0.2, 0) is 6.54 Å². The van der Waals surface area contributed by atoms with Gasteiger partial charge in [0.2, 0.25) is 0 Å². The van der Waals surface area contributed by atoms with E-state index in [0.717, 1.165) is 23.8 Å². The number of benzene rings is 3. The first-order valence-corrected chi connectivity index (χ1v) is 10.8. The summed E-state index contributed by atoms with van der Waals surface area (Å²) in [5, 5.41) is 7.18. The second-order valence-corrected chi connectivity index (χ2v) is 8.55. The van der Waals surface area contributed by atoms with Crippen molar-refractivity contribution in [1.29, 1.82) is 0 Å². The molecule has 0 N–H and O–H groups in total. The van der Waals surface area contributed by atoms with E-state index < -0.39 is 0 Å². The molecular weight excluding hydrogens is 374 g/mol. The predicted octanol–water partition coefficient (Wildman–Crippen LogP) is 5.86. The zero-order valence-corrected chi connectivity index (χ0v) is 17.0. The smallest absolute Gasteiger partial charge is 0.242 e. The molecule has 4 heteroatoms. The second kappa shape index (κ2) is 6.39. The molecule has 3 nitrogen and oxygen atoms in total. The Hall–Kier alpha value is -3.24. The van der Waals surface area contributed by atoms with Crippen LogP contribution < -0.4 is 9.47 Å². The summed E-state index contributed by atoms with van der Waals surface area (Å²) in [6, 6.07) is 26.3. The van der Waals surface area contributed by atoms with Gasteiger partial charge in [-0.05, 0) is 31.2 Å². The van der Waals surface area contributed by atoms with Gasteiger partial charge in [0.05, 0.1) is 16.1 Å². The molecule has 0 fully saturated rings. The fraction of sp³-hybridized carbons (Fsp3) is 0.120. The van der Waals surface area contributed by atoms with Crippen LogP contribution >= 0.6 is 11.3 Å². The van der Waals surface area contributed by atoms with Gasteiger partial charge < -0.3 is 0 Å². The maximum absolute atomic E-state index is 4.68. The van der Waals surface area contributed by atoms with Crippen LogP contribution in [0.3, 0.4) is 0 Å². The standard InChI is InChI=1S/C25H20N3S/c1-17-26-23(16-29-17)18-7-6-8-19(15-18)27-13-14-28-24-12-5-4-10-21(24)20-9-2-3-11-22(20)25(27)28/h2-12,15-16H,13-14H2,1H3/q+1. The first-order chi connectivity index (χ1) is 14.3. The minimum Gasteiger partial charge on any atom is -0.242 e. The van der Waals surface area contributed by atoms with E-state index in [2.05, 4.69) is 99.6 Å². The molecule has 5 aromatic rings. The Morgan fingerprint density at radius 1 is 0.897 bits per heavy atom. The van der Waals surface area contributed by atoms with Gasteiger partial charge >= 0.3 is 0 Å². The van der Waals surface area contributed by atoms with Crippen LogP contribution in [-0.4, -0.2) is 11.5 Å². The Balaban J connectivity index is 1.58. The summed E-state index contributed by atoms with van der Waals surface area (Å²) in [6.07, 6.45) is 0. The minimum absolute atomic E-state index is 0.970. The van der Waals surface area contributed by atoms with Gasteiger partial charge in [-0.15, -0.1) is 11.3 Å². The summed E-state index contributed by atoms with van der Waals surface area (Å²) in [7, 11) is 0. The second-order valence-electron chi connectivity index (χ2n) is 7.49. The topological polar surface area (TPSA) is 20.0 Å². The molecule has 29 heavy (non-hydrogen) atoms. The molecule has 0 saturated carbocycles. The molecule has 6 rings (SSSR count). The fourth-order valence-electron chi connectivity index (χ4n) is 4.51. The molecule has 0 aliphatic carbocycles. The first-order valence-electron chi connectivity index (χ1n) is 9.93. The summed E-state index contributed by atoms with van der Waals surface area (Å²) >= 11 is 1.70. The van der Waals surface area contributed by atoms with E-state index in [-0.39, 0.29) is 0 Å². The molecule has 0 saturated heterocycles. The number of hydrogen-bond donors (Lipinski definition) is 0. The molecule has 1 aliphatic rings. The number of hydrogen-bond acceptors (Lipinski definition) is 3. The van der Waals surface area contributed by atoms with Gasteiger partial charge in [0.15, 0.2) is 0 Å². The van der Waals surface area contributed by atoms with Crippen molar-refractivity contribution in [3.8, 4) is 11.3 Å². The number of aromatic nitrogens is 2. The van der Waals surface area contributed by atoms with Crippen molar-refractivity contribution < 1.29 is 4.57 Å². The number of anilines is 2. The van der Waals surface area contributed by atoms with Gasteiger partial charge in [0, 0.05) is 21.7 Å². The third-order valence-electron chi connectivity index (χ3n) is 5.78. The molecule has 3 heterocycles. The molecule has 0 bridgehead atoms. The molecule has 1 aliphatic heterocycles. The quantitative estimate of drug-likeness (QED) is 0.276. The summed E-state index contributed by atoms with van der Waals surface area (Å²) in [5.41, 5.74) is 4.76. The molecule has 2 aromatic heterocycles. The molecular formula is C25H20N3S+. The molecule has 0 atom stereocenters. The van der Waals surface area contributed by atoms with E-state index >= 15 is 0 Å². The Bertz CT molecular complexity index is 1390. The third kappa shape index (κ3) is 2.56. The highest BCUT2D eigenvalue weighted by atomic mass is 32.1. The van der Waals surface area contributed by atoms with Gasteiger partial charge in [-0.3, -0.25) is 0 Å². The highest BCUT2D eigenvalue weighted by Crippen LogP contribution is 2.37. The summed E-state index contributed by atoms with van der Waals surface area (Å²) < 4.78 is 2.47. The summed E-state index contributed by atoms with van der Waals surface area (Å²) in [6.45, 7) is 4.01. The third-order valence-corrected chi connectivity index (χ3v) is 6.56. The van der Waals surface area contributed by atoms with E-state index in [1.807, 2.05) is 0 Å². The van der Waals surface area contributed by atoms with E-state index in [4.69, 9.17) is 0 Å². The van der Waals surface area contributed by atoms with Crippen LogP contribution in [0, 0.1) is 6.92 Å². The Morgan fingerprint density at radius 3 is 2.52 bits per heavy atom. The molecule has 0 unspecified atom stereocenters. The minimum atomic E-state index is 0.970. The molecule has 3 aromatic carbocycles. The van der Waals surface area contributed by atoms with Crippen LogP contribution in [0.5, 0.6) is 0 Å². The lowest BCUT2D eigenvalue weighted by Crippen LogP contribution is -2.32. The summed E-state index contributed by atoms with van der Waals surface area (Å²) in [4.78, 5) is 7.13. The van der Waals surface area contributed by atoms with Crippen molar-refractivity contribution >= 4 is 44.5 Å². The van der Waals surface area contributed by atoms with Crippen LogP contribution in [0.1, 0.15) is 5.01 Å². The zero-order chi connectivity index (χ0) is 19.4. The lowest BCUT2D eigenvalue weighted by Gasteiger charge is -2.14. The van der Waals surface area contributed by atoms with Crippen LogP contribution in [0.4, 0.5) is 11.5 Å². The highest BCUT2D eigenvalue weighted by Gasteiger charge is 2.33. The van der Waals surface area contributed by atoms with Crippen LogP contribution in [0.15, 0.2) is 78.2 Å². The fourth-order valence-corrected chi connectivity index (χ4v) is 5.14. The zero-order valence-electron chi connectivity index (χ0n) is 16.2. The van der Waals surface area contributed by atoms with Crippen LogP contribution in [0.2, 0.25) is 0 Å². The van der Waals surface area contributed by atoms with Gasteiger partial charge in [0.1, 0.15) is 24.3 Å². The molecule has 0 radical (unpaired) electrons. The lowest BCUT2D eigenvalue weighted by atomic mass is 10.0. The highest BCUT2D eigenvalue weighted by molar-refractivity contribution is 7.09. The Kier molecular flexibility index (Phi) is 3.68. The largest absolute Gasteiger partial charge is 0.290 e. The number of para-hydroxylation sites is 1. The van der Waals surface area contributed by atoms with Crippen LogP contribution in [0.25, 0.3) is 32.9 Å². The average molecular weight is 395 g/mol. The summed E-state index contributed by atoms with van der Waals surface area (Å²) in [5.74, 6) is 1.28. The maximum Gasteiger partial charge on any atom is 0.290 e. The van der Waals surface area contributed by atoms with Crippen molar-refractivity contribution in [3.05, 3.63) is 83.2 Å². The van der Waals surface area contributed by atoms with Gasteiger partial charge in [0.25, 0.3) is 5.82 Å². The number of rotatable bonds is 2. The van der Waals surface area contributed by atoms with Gasteiger partial charge in [-0.1, -0.05) is 48.5 Å². The molecule has 0 amide bonds. The van der Waals surface area contributed by atoms with Crippen molar-refractivity contribution in [2.75, 3.05) is 11.4 Å². The van der Waals surface area contributed by atoms with E-state index in [1.54, 1.807) is 11.3 Å².